The summed E-state index contributed by atoms with van der Waals surface area (Å²) in [5, 5.41) is 9.47. The summed E-state index contributed by atoms with van der Waals surface area (Å²) in [6.07, 6.45) is 4.41. The molecule has 0 saturated heterocycles. The van der Waals surface area contributed by atoms with Gasteiger partial charge in [-0.05, 0) is 17.5 Å². The van der Waals surface area contributed by atoms with Crippen molar-refractivity contribution in [3.8, 4) is 0 Å². The van der Waals surface area contributed by atoms with Crippen molar-refractivity contribution in [1.29, 1.82) is 0 Å². The van der Waals surface area contributed by atoms with E-state index < -0.39 is 0 Å². The van der Waals surface area contributed by atoms with E-state index in [4.69, 9.17) is 0 Å². The fourth-order valence-electron chi connectivity index (χ4n) is 1.44. The van der Waals surface area contributed by atoms with E-state index in [1.165, 1.54) is 5.56 Å². The fourth-order valence-corrected chi connectivity index (χ4v) is 1.44. The molecule has 1 nitrogen and oxygen atoms in total. The van der Waals surface area contributed by atoms with Crippen molar-refractivity contribution in [2.24, 2.45) is 0 Å². The average Bonchev–Trinajstić information content (AvgIpc) is 2.06. The molecule has 1 unspecified atom stereocenters. The molecule has 0 bridgehead atoms. The van der Waals surface area contributed by atoms with Gasteiger partial charge in [-0.3, -0.25) is 0 Å². The molecule has 0 radical (unpaired) electrons. The Labute approximate surface area is 66.0 Å². The fraction of sp³-hybridized carbons (Fsp3) is 0.200. The second kappa shape index (κ2) is 2.51. The predicted molar refractivity (Wildman–Crippen MR) is 44.2 cm³/mol. The molecule has 2 rings (SSSR count). The van der Waals surface area contributed by atoms with Crippen molar-refractivity contribution < 1.29 is 5.11 Å². The molecule has 1 N–H and O–H groups in total. The van der Waals surface area contributed by atoms with Gasteiger partial charge in [-0.25, -0.2) is 0 Å². The smallest absolute Gasteiger partial charge is 0.0974 e. The number of aliphatic hydroxyl groups excluding tert-OH is 1. The van der Waals surface area contributed by atoms with Gasteiger partial charge in [-0.15, -0.1) is 0 Å². The summed E-state index contributed by atoms with van der Waals surface area (Å²) in [5.74, 6) is 0. The van der Waals surface area contributed by atoms with Crippen molar-refractivity contribution in [3.05, 3.63) is 47.5 Å². The third kappa shape index (κ3) is 1.08. The molecule has 0 heterocycles. The summed E-state index contributed by atoms with van der Waals surface area (Å²) in [7, 11) is 0. The Morgan fingerprint density at radius 3 is 2.91 bits per heavy atom. The Morgan fingerprint density at radius 1 is 1.27 bits per heavy atom. The number of hydrogen-bond donors (Lipinski definition) is 1. The molecule has 1 heteroatoms. The van der Waals surface area contributed by atoms with E-state index in [-0.39, 0.29) is 6.10 Å². The minimum absolute atomic E-state index is 0.389. The van der Waals surface area contributed by atoms with Crippen LogP contribution >= 0.6 is 0 Å². The first-order valence-electron chi connectivity index (χ1n) is 3.80. The highest BCUT2D eigenvalue weighted by atomic mass is 16.3. The maximum atomic E-state index is 9.47. The third-order valence-electron chi connectivity index (χ3n) is 2.03. The van der Waals surface area contributed by atoms with Crippen LogP contribution in [0.25, 0.3) is 0 Å². The summed E-state index contributed by atoms with van der Waals surface area (Å²) in [5.41, 5.74) is 2.29. The maximum absolute atomic E-state index is 9.47. The molecule has 1 aliphatic carbocycles. The SMILES string of the molecule is OC1C=CCc2ccccc21. The van der Waals surface area contributed by atoms with Crippen LogP contribution in [0.1, 0.15) is 17.2 Å². The Balaban J connectivity index is 2.50. The van der Waals surface area contributed by atoms with Crippen LogP contribution in [0.4, 0.5) is 0 Å². The zero-order valence-corrected chi connectivity index (χ0v) is 6.20. The minimum atomic E-state index is -0.389. The van der Waals surface area contributed by atoms with Gasteiger partial charge in [-0.2, -0.15) is 0 Å². The number of allylic oxidation sites excluding steroid dienone is 1. The normalized spacial score (nSPS) is 21.4. The van der Waals surface area contributed by atoms with Gasteiger partial charge >= 0.3 is 0 Å². The van der Waals surface area contributed by atoms with Gasteiger partial charge in [0.1, 0.15) is 0 Å². The van der Waals surface area contributed by atoms with Crippen LogP contribution < -0.4 is 0 Å². The molecule has 0 aliphatic heterocycles. The monoisotopic (exact) mass is 146 g/mol. The summed E-state index contributed by atoms with van der Waals surface area (Å²) >= 11 is 0. The highest BCUT2D eigenvalue weighted by Gasteiger charge is 2.10. The summed E-state index contributed by atoms with van der Waals surface area (Å²) in [6, 6.07) is 8.00. The Bertz CT molecular complexity index is 289. The summed E-state index contributed by atoms with van der Waals surface area (Å²) in [6.45, 7) is 0. The van der Waals surface area contributed by atoms with E-state index >= 15 is 0 Å². The third-order valence-corrected chi connectivity index (χ3v) is 2.03. The lowest BCUT2D eigenvalue weighted by Gasteiger charge is -2.15. The first-order valence-corrected chi connectivity index (χ1v) is 3.80. The molecule has 1 aromatic rings. The number of hydrogen-bond acceptors (Lipinski definition) is 1. The molecular formula is C10H10O. The van der Waals surface area contributed by atoms with E-state index in [0.717, 1.165) is 12.0 Å². The van der Waals surface area contributed by atoms with E-state index in [2.05, 4.69) is 6.07 Å². The van der Waals surface area contributed by atoms with Gasteiger partial charge in [0.25, 0.3) is 0 Å². The molecule has 56 valence electrons. The van der Waals surface area contributed by atoms with Crippen molar-refractivity contribution in [2.45, 2.75) is 12.5 Å². The summed E-state index contributed by atoms with van der Waals surface area (Å²) < 4.78 is 0. The Morgan fingerprint density at radius 2 is 2.09 bits per heavy atom. The minimum Gasteiger partial charge on any atom is -0.384 e. The van der Waals surface area contributed by atoms with Gasteiger partial charge in [0.15, 0.2) is 0 Å². The topological polar surface area (TPSA) is 20.2 Å². The van der Waals surface area contributed by atoms with Crippen molar-refractivity contribution in [2.75, 3.05) is 0 Å². The molecule has 0 spiro atoms. The highest BCUT2D eigenvalue weighted by molar-refractivity contribution is 5.35. The predicted octanol–water partition coefficient (Wildman–Crippen LogP) is 1.83. The van der Waals surface area contributed by atoms with Crippen LogP contribution in [0, 0.1) is 0 Å². The number of fused-ring (bicyclic) bond motifs is 1. The lowest BCUT2D eigenvalue weighted by Crippen LogP contribution is -2.02. The lowest BCUT2D eigenvalue weighted by atomic mass is 9.95. The van der Waals surface area contributed by atoms with Gasteiger partial charge in [0.05, 0.1) is 6.10 Å². The van der Waals surface area contributed by atoms with Crippen LogP contribution in [0.3, 0.4) is 0 Å². The maximum Gasteiger partial charge on any atom is 0.0974 e. The van der Waals surface area contributed by atoms with Crippen LogP contribution in [-0.2, 0) is 6.42 Å². The lowest BCUT2D eigenvalue weighted by molar-refractivity contribution is 0.225. The first kappa shape index (κ1) is 6.62. The quantitative estimate of drug-likeness (QED) is 0.554. The highest BCUT2D eigenvalue weighted by Crippen LogP contribution is 2.23. The van der Waals surface area contributed by atoms with Crippen LogP contribution in [-0.4, -0.2) is 5.11 Å². The Hall–Kier alpha value is -1.08. The zero-order chi connectivity index (χ0) is 7.68. The molecule has 1 aliphatic rings. The molecule has 11 heavy (non-hydrogen) atoms. The van der Waals surface area contributed by atoms with E-state index in [1.807, 2.05) is 30.4 Å². The van der Waals surface area contributed by atoms with Crippen molar-refractivity contribution >= 4 is 0 Å². The van der Waals surface area contributed by atoms with E-state index in [9.17, 15) is 5.11 Å². The van der Waals surface area contributed by atoms with Crippen LogP contribution in [0.15, 0.2) is 36.4 Å². The molecule has 0 amide bonds. The Kier molecular flexibility index (Phi) is 1.51. The van der Waals surface area contributed by atoms with Crippen molar-refractivity contribution in [3.63, 3.8) is 0 Å². The van der Waals surface area contributed by atoms with E-state index in [1.54, 1.807) is 0 Å². The second-order valence-electron chi connectivity index (χ2n) is 2.78. The van der Waals surface area contributed by atoms with Gasteiger partial charge in [0.2, 0.25) is 0 Å². The number of rotatable bonds is 0. The summed E-state index contributed by atoms with van der Waals surface area (Å²) in [4.78, 5) is 0. The zero-order valence-electron chi connectivity index (χ0n) is 6.20. The number of benzene rings is 1. The molecular weight excluding hydrogens is 136 g/mol. The largest absolute Gasteiger partial charge is 0.384 e. The molecule has 1 aromatic carbocycles. The molecule has 0 saturated carbocycles. The van der Waals surface area contributed by atoms with Gasteiger partial charge in [0, 0.05) is 0 Å². The average molecular weight is 146 g/mol. The first-order chi connectivity index (χ1) is 5.38. The van der Waals surface area contributed by atoms with Crippen molar-refractivity contribution in [1.82, 2.24) is 0 Å². The van der Waals surface area contributed by atoms with Crippen LogP contribution in [0.5, 0.6) is 0 Å². The standard InChI is InChI=1S/C10H10O/c11-10-7-3-5-8-4-1-2-6-9(8)10/h1-4,6-7,10-11H,5H2. The molecule has 0 aromatic heterocycles. The molecule has 0 fully saturated rings. The second-order valence-corrected chi connectivity index (χ2v) is 2.78. The van der Waals surface area contributed by atoms with Crippen LogP contribution in [0.2, 0.25) is 0 Å². The van der Waals surface area contributed by atoms with Gasteiger partial charge in [-0.1, -0.05) is 36.4 Å². The van der Waals surface area contributed by atoms with E-state index in [0.29, 0.717) is 0 Å². The molecule has 1 atom stereocenters. The number of aliphatic hydroxyl groups is 1. The van der Waals surface area contributed by atoms with Gasteiger partial charge < -0.3 is 5.11 Å².